The predicted molar refractivity (Wildman–Crippen MR) is 88.5 cm³/mol. The second-order valence-corrected chi connectivity index (χ2v) is 6.98. The molecule has 1 saturated carbocycles. The number of aryl methyl sites for hydroxylation is 1. The minimum Gasteiger partial charge on any atom is -0.305 e. The van der Waals surface area contributed by atoms with E-state index in [1.807, 2.05) is 11.8 Å². The monoisotopic (exact) mass is 301 g/mol. The summed E-state index contributed by atoms with van der Waals surface area (Å²) in [4.78, 5) is 0. The zero-order valence-corrected chi connectivity index (χ0v) is 13.7. The molecular weight excluding hydrogens is 278 g/mol. The van der Waals surface area contributed by atoms with Crippen LogP contribution in [0.15, 0.2) is 29.4 Å². The molecule has 0 radical (unpaired) electrons. The van der Waals surface area contributed by atoms with Crippen LogP contribution in [0.1, 0.15) is 37.7 Å². The van der Waals surface area contributed by atoms with Gasteiger partial charge in [0.25, 0.3) is 0 Å². The van der Waals surface area contributed by atoms with E-state index in [1.165, 1.54) is 49.0 Å². The summed E-state index contributed by atoms with van der Waals surface area (Å²) in [5, 5.41) is 9.84. The van der Waals surface area contributed by atoms with Crippen molar-refractivity contribution in [2.24, 2.45) is 13.0 Å². The Bertz CT molecular complexity index is 600. The van der Waals surface area contributed by atoms with Gasteiger partial charge >= 0.3 is 0 Å². The van der Waals surface area contributed by atoms with Crippen molar-refractivity contribution in [2.45, 2.75) is 44.2 Å². The Labute approximate surface area is 131 Å². The third-order valence-corrected chi connectivity index (χ3v) is 5.65. The molecule has 0 bridgehead atoms. The van der Waals surface area contributed by atoms with Gasteiger partial charge in [-0.25, -0.2) is 0 Å². The molecule has 0 aliphatic heterocycles. The van der Waals surface area contributed by atoms with Gasteiger partial charge in [0.2, 0.25) is 0 Å². The van der Waals surface area contributed by atoms with Crippen LogP contribution in [0.3, 0.4) is 0 Å². The normalized spacial score (nSPS) is 16.3. The van der Waals surface area contributed by atoms with E-state index in [2.05, 4.69) is 53.0 Å². The van der Waals surface area contributed by atoms with Crippen molar-refractivity contribution in [2.75, 3.05) is 5.75 Å². The summed E-state index contributed by atoms with van der Waals surface area (Å²) in [7, 11) is 2.07. The molecule has 3 rings (SSSR count). The van der Waals surface area contributed by atoms with Crippen LogP contribution in [0, 0.1) is 12.8 Å². The molecule has 1 aliphatic rings. The fourth-order valence-electron chi connectivity index (χ4n) is 3.05. The molecular formula is C17H23N3S. The van der Waals surface area contributed by atoms with Crippen LogP contribution < -0.4 is 0 Å². The van der Waals surface area contributed by atoms with Crippen molar-refractivity contribution in [1.29, 1.82) is 0 Å². The highest BCUT2D eigenvalue weighted by Gasteiger charge is 2.17. The van der Waals surface area contributed by atoms with Gasteiger partial charge in [0.1, 0.15) is 0 Å². The van der Waals surface area contributed by atoms with Crippen LogP contribution in [0.4, 0.5) is 0 Å². The van der Waals surface area contributed by atoms with Gasteiger partial charge in [-0.05, 0) is 31.2 Å². The second-order valence-electron chi connectivity index (χ2n) is 6.00. The first-order valence-corrected chi connectivity index (χ1v) is 8.82. The highest BCUT2D eigenvalue weighted by atomic mass is 32.2. The molecule has 0 N–H and O–H groups in total. The highest BCUT2D eigenvalue weighted by Crippen LogP contribution is 2.30. The Morgan fingerprint density at radius 3 is 2.67 bits per heavy atom. The number of aromatic nitrogens is 3. The first-order chi connectivity index (χ1) is 10.3. The topological polar surface area (TPSA) is 30.7 Å². The average molecular weight is 301 g/mol. The van der Waals surface area contributed by atoms with Crippen LogP contribution >= 0.6 is 11.8 Å². The highest BCUT2D eigenvalue weighted by molar-refractivity contribution is 7.99. The van der Waals surface area contributed by atoms with E-state index in [0.29, 0.717) is 0 Å². The van der Waals surface area contributed by atoms with Gasteiger partial charge in [-0.3, -0.25) is 0 Å². The summed E-state index contributed by atoms with van der Waals surface area (Å²) in [6.45, 7) is 2.12. The number of rotatable bonds is 4. The number of nitrogens with zero attached hydrogens (tertiary/aromatic N) is 3. The smallest absolute Gasteiger partial charge is 0.191 e. The minimum atomic E-state index is 0.863. The molecule has 1 aromatic heterocycles. The fourth-order valence-corrected chi connectivity index (χ4v) is 4.14. The summed E-state index contributed by atoms with van der Waals surface area (Å²) in [5.41, 5.74) is 2.42. The van der Waals surface area contributed by atoms with Crippen molar-refractivity contribution in [3.8, 4) is 11.4 Å². The number of benzene rings is 1. The maximum absolute atomic E-state index is 4.40. The molecule has 2 aromatic rings. The van der Waals surface area contributed by atoms with E-state index < -0.39 is 0 Å². The Morgan fingerprint density at radius 2 is 1.90 bits per heavy atom. The maximum Gasteiger partial charge on any atom is 0.191 e. The van der Waals surface area contributed by atoms with E-state index in [0.717, 1.165) is 16.9 Å². The van der Waals surface area contributed by atoms with Crippen LogP contribution in [0.2, 0.25) is 0 Å². The maximum atomic E-state index is 4.40. The minimum absolute atomic E-state index is 0.863. The van der Waals surface area contributed by atoms with E-state index in [1.54, 1.807) is 0 Å². The lowest BCUT2D eigenvalue weighted by Gasteiger charge is -2.20. The van der Waals surface area contributed by atoms with E-state index in [-0.39, 0.29) is 0 Å². The molecule has 21 heavy (non-hydrogen) atoms. The largest absolute Gasteiger partial charge is 0.305 e. The molecule has 0 amide bonds. The van der Waals surface area contributed by atoms with Gasteiger partial charge in [0.05, 0.1) is 0 Å². The average Bonchev–Trinajstić information content (AvgIpc) is 2.88. The standard InChI is InChI=1S/C17H23N3S/c1-13-8-6-7-11-15(13)16-18-19-17(20(16)2)21-12-14-9-4-3-5-10-14/h6-8,11,14H,3-5,9-10,12H2,1-2H3. The Morgan fingerprint density at radius 1 is 1.14 bits per heavy atom. The lowest BCUT2D eigenvalue weighted by molar-refractivity contribution is 0.390. The van der Waals surface area contributed by atoms with Gasteiger partial charge in [-0.15, -0.1) is 10.2 Å². The first-order valence-electron chi connectivity index (χ1n) is 7.84. The molecule has 4 heteroatoms. The summed E-state index contributed by atoms with van der Waals surface area (Å²) >= 11 is 1.86. The Hall–Kier alpha value is -1.29. The van der Waals surface area contributed by atoms with Gasteiger partial charge in [0, 0.05) is 18.4 Å². The fraction of sp³-hybridized carbons (Fsp3) is 0.529. The predicted octanol–water partition coefficient (Wildman–Crippen LogP) is 4.46. The molecule has 0 saturated heterocycles. The molecule has 1 aliphatic carbocycles. The summed E-state index contributed by atoms with van der Waals surface area (Å²) < 4.78 is 2.13. The van der Waals surface area contributed by atoms with Crippen LogP contribution in [0.5, 0.6) is 0 Å². The van der Waals surface area contributed by atoms with E-state index in [4.69, 9.17) is 0 Å². The van der Waals surface area contributed by atoms with Gasteiger partial charge in [-0.2, -0.15) is 0 Å². The molecule has 1 heterocycles. The molecule has 112 valence electrons. The third-order valence-electron chi connectivity index (χ3n) is 4.39. The van der Waals surface area contributed by atoms with Crippen molar-refractivity contribution in [3.63, 3.8) is 0 Å². The van der Waals surface area contributed by atoms with Crippen LogP contribution in [-0.4, -0.2) is 20.5 Å². The van der Waals surface area contributed by atoms with Gasteiger partial charge in [0.15, 0.2) is 11.0 Å². The van der Waals surface area contributed by atoms with Crippen molar-refractivity contribution < 1.29 is 0 Å². The zero-order chi connectivity index (χ0) is 14.7. The Balaban J connectivity index is 1.72. The molecule has 1 fully saturated rings. The Kier molecular flexibility index (Phi) is 4.63. The molecule has 3 nitrogen and oxygen atoms in total. The zero-order valence-electron chi connectivity index (χ0n) is 12.9. The lowest BCUT2D eigenvalue weighted by atomic mass is 9.91. The quantitative estimate of drug-likeness (QED) is 0.781. The molecule has 0 spiro atoms. The van der Waals surface area contributed by atoms with Gasteiger partial charge < -0.3 is 4.57 Å². The molecule has 0 unspecified atom stereocenters. The second kappa shape index (κ2) is 6.65. The third kappa shape index (κ3) is 3.31. The summed E-state index contributed by atoms with van der Waals surface area (Å²) in [6, 6.07) is 8.37. The first kappa shape index (κ1) is 14.6. The van der Waals surface area contributed by atoms with Crippen molar-refractivity contribution in [3.05, 3.63) is 29.8 Å². The van der Waals surface area contributed by atoms with Crippen LogP contribution in [0.25, 0.3) is 11.4 Å². The van der Waals surface area contributed by atoms with E-state index in [9.17, 15) is 0 Å². The molecule has 1 aromatic carbocycles. The van der Waals surface area contributed by atoms with Crippen LogP contribution in [-0.2, 0) is 7.05 Å². The number of hydrogen-bond donors (Lipinski definition) is 0. The summed E-state index contributed by atoms with van der Waals surface area (Å²) in [6.07, 6.45) is 6.99. The van der Waals surface area contributed by atoms with Crippen molar-refractivity contribution in [1.82, 2.24) is 14.8 Å². The number of thioether (sulfide) groups is 1. The molecule has 0 atom stereocenters. The lowest BCUT2D eigenvalue weighted by Crippen LogP contribution is -2.09. The van der Waals surface area contributed by atoms with Crippen molar-refractivity contribution >= 4 is 11.8 Å². The SMILES string of the molecule is Cc1ccccc1-c1nnc(SCC2CCCCC2)n1C. The summed E-state index contributed by atoms with van der Waals surface area (Å²) in [5.74, 6) is 3.02. The number of hydrogen-bond acceptors (Lipinski definition) is 3. The van der Waals surface area contributed by atoms with Gasteiger partial charge in [-0.1, -0.05) is 55.3 Å². The van der Waals surface area contributed by atoms with E-state index >= 15 is 0 Å².